The quantitative estimate of drug-likeness (QED) is 0.834. The molecular weight excluding hydrogens is 222 g/mol. The van der Waals surface area contributed by atoms with Crippen LogP contribution in [0.4, 0.5) is 0 Å². The Balaban J connectivity index is 2.01. The Bertz CT molecular complexity index is 382. The van der Waals surface area contributed by atoms with E-state index < -0.39 is 12.0 Å². The number of carbonyl (C=O) groups is 1. The van der Waals surface area contributed by atoms with Gasteiger partial charge in [0.05, 0.1) is 12.5 Å². The SMILES string of the molecule is NC(CC(=O)O)c1ccc(C2CCOCC2)o1. The van der Waals surface area contributed by atoms with E-state index in [-0.39, 0.29) is 6.42 Å². The van der Waals surface area contributed by atoms with Gasteiger partial charge in [-0.05, 0) is 25.0 Å². The minimum atomic E-state index is -0.915. The summed E-state index contributed by atoms with van der Waals surface area (Å²) in [5.74, 6) is 0.897. The van der Waals surface area contributed by atoms with Crippen LogP contribution in [0.2, 0.25) is 0 Å². The van der Waals surface area contributed by atoms with E-state index in [1.165, 1.54) is 0 Å². The molecule has 0 aliphatic carbocycles. The van der Waals surface area contributed by atoms with E-state index in [0.29, 0.717) is 11.7 Å². The summed E-state index contributed by atoms with van der Waals surface area (Å²) in [6.07, 6.45) is 1.78. The maximum absolute atomic E-state index is 10.6. The number of nitrogens with two attached hydrogens (primary N) is 1. The number of ether oxygens (including phenoxy) is 1. The van der Waals surface area contributed by atoms with Crippen molar-refractivity contribution in [2.24, 2.45) is 5.73 Å². The van der Waals surface area contributed by atoms with Crippen molar-refractivity contribution in [3.63, 3.8) is 0 Å². The molecule has 1 unspecified atom stereocenters. The van der Waals surface area contributed by atoms with E-state index in [1.54, 1.807) is 6.07 Å². The average Bonchev–Trinajstić information content (AvgIpc) is 2.78. The molecule has 17 heavy (non-hydrogen) atoms. The molecule has 1 aliphatic rings. The van der Waals surface area contributed by atoms with Gasteiger partial charge in [-0.3, -0.25) is 4.79 Å². The molecule has 1 aromatic rings. The molecule has 1 aromatic heterocycles. The topological polar surface area (TPSA) is 85.7 Å². The fraction of sp³-hybridized carbons (Fsp3) is 0.583. The third-order valence-electron chi connectivity index (χ3n) is 3.03. The highest BCUT2D eigenvalue weighted by Crippen LogP contribution is 2.30. The molecule has 1 aliphatic heterocycles. The normalized spacial score (nSPS) is 19.1. The van der Waals surface area contributed by atoms with E-state index in [9.17, 15) is 4.79 Å². The van der Waals surface area contributed by atoms with Gasteiger partial charge in [0.25, 0.3) is 0 Å². The molecule has 0 spiro atoms. The highest BCUT2D eigenvalue weighted by molar-refractivity contribution is 5.67. The van der Waals surface area contributed by atoms with E-state index in [4.69, 9.17) is 20.0 Å². The zero-order valence-electron chi connectivity index (χ0n) is 9.59. The van der Waals surface area contributed by atoms with Gasteiger partial charge in [0.2, 0.25) is 0 Å². The van der Waals surface area contributed by atoms with Crippen LogP contribution in [-0.2, 0) is 9.53 Å². The summed E-state index contributed by atoms with van der Waals surface area (Å²) in [4.78, 5) is 10.6. The molecule has 0 saturated carbocycles. The maximum atomic E-state index is 10.6. The fourth-order valence-electron chi connectivity index (χ4n) is 2.06. The van der Waals surface area contributed by atoms with Gasteiger partial charge < -0.3 is 20.0 Å². The van der Waals surface area contributed by atoms with Gasteiger partial charge in [-0.2, -0.15) is 0 Å². The third kappa shape index (κ3) is 3.08. The summed E-state index contributed by atoms with van der Waals surface area (Å²) >= 11 is 0. The van der Waals surface area contributed by atoms with Crippen molar-refractivity contribution in [1.82, 2.24) is 0 Å². The summed E-state index contributed by atoms with van der Waals surface area (Å²) in [6, 6.07) is 3.10. The molecule has 1 saturated heterocycles. The Hall–Kier alpha value is -1.33. The molecule has 0 bridgehead atoms. The average molecular weight is 239 g/mol. The maximum Gasteiger partial charge on any atom is 0.305 e. The minimum absolute atomic E-state index is 0.110. The number of carboxylic acids is 1. The van der Waals surface area contributed by atoms with Gasteiger partial charge in [-0.25, -0.2) is 0 Å². The van der Waals surface area contributed by atoms with Crippen molar-refractivity contribution in [2.75, 3.05) is 13.2 Å². The zero-order valence-corrected chi connectivity index (χ0v) is 9.59. The number of furan rings is 1. The minimum Gasteiger partial charge on any atom is -0.481 e. The van der Waals surface area contributed by atoms with Crippen molar-refractivity contribution in [3.8, 4) is 0 Å². The number of rotatable bonds is 4. The molecule has 2 rings (SSSR count). The first kappa shape index (κ1) is 12.1. The largest absolute Gasteiger partial charge is 0.481 e. The Morgan fingerprint density at radius 2 is 2.18 bits per heavy atom. The van der Waals surface area contributed by atoms with Crippen LogP contribution in [-0.4, -0.2) is 24.3 Å². The zero-order chi connectivity index (χ0) is 12.3. The van der Waals surface area contributed by atoms with Crippen LogP contribution in [0.3, 0.4) is 0 Å². The van der Waals surface area contributed by atoms with Crippen molar-refractivity contribution < 1.29 is 19.1 Å². The molecule has 5 nitrogen and oxygen atoms in total. The molecule has 0 aromatic carbocycles. The summed E-state index contributed by atoms with van der Waals surface area (Å²) in [6.45, 7) is 1.50. The van der Waals surface area contributed by atoms with Crippen LogP contribution in [0.15, 0.2) is 16.5 Å². The number of carboxylic acid groups (broad SMARTS) is 1. The summed E-state index contributed by atoms with van der Waals surface area (Å²) in [5.41, 5.74) is 5.74. The molecule has 0 amide bonds. The van der Waals surface area contributed by atoms with Crippen LogP contribution in [0, 0.1) is 0 Å². The molecule has 1 fully saturated rings. The summed E-state index contributed by atoms with van der Waals surface area (Å²) in [7, 11) is 0. The Labute approximate surface area is 99.5 Å². The smallest absolute Gasteiger partial charge is 0.305 e. The second-order valence-electron chi connectivity index (χ2n) is 4.33. The second-order valence-corrected chi connectivity index (χ2v) is 4.33. The lowest BCUT2D eigenvalue weighted by atomic mass is 9.98. The van der Waals surface area contributed by atoms with Gasteiger partial charge >= 0.3 is 5.97 Å². The molecule has 5 heteroatoms. The van der Waals surface area contributed by atoms with Crippen molar-refractivity contribution >= 4 is 5.97 Å². The molecule has 0 radical (unpaired) electrons. The lowest BCUT2D eigenvalue weighted by molar-refractivity contribution is -0.137. The molecule has 2 heterocycles. The lowest BCUT2D eigenvalue weighted by Gasteiger charge is -2.19. The van der Waals surface area contributed by atoms with E-state index in [1.807, 2.05) is 6.07 Å². The number of hydrogen-bond donors (Lipinski definition) is 2. The first-order valence-corrected chi connectivity index (χ1v) is 5.81. The van der Waals surface area contributed by atoms with Crippen LogP contribution < -0.4 is 5.73 Å². The Morgan fingerprint density at radius 1 is 1.47 bits per heavy atom. The van der Waals surface area contributed by atoms with Gasteiger partial charge in [0.15, 0.2) is 0 Å². The molecule has 1 atom stereocenters. The van der Waals surface area contributed by atoms with Crippen molar-refractivity contribution in [1.29, 1.82) is 0 Å². The van der Waals surface area contributed by atoms with Gasteiger partial charge in [0.1, 0.15) is 11.5 Å². The van der Waals surface area contributed by atoms with E-state index in [0.717, 1.165) is 31.8 Å². The number of hydrogen-bond acceptors (Lipinski definition) is 4. The first-order chi connectivity index (χ1) is 8.16. The van der Waals surface area contributed by atoms with Crippen LogP contribution in [0.1, 0.15) is 42.7 Å². The highest BCUT2D eigenvalue weighted by atomic mass is 16.5. The molecule has 3 N–H and O–H groups in total. The third-order valence-corrected chi connectivity index (χ3v) is 3.03. The summed E-state index contributed by atoms with van der Waals surface area (Å²) < 4.78 is 10.9. The standard InChI is InChI=1S/C12H17NO4/c13-9(7-12(14)15)11-2-1-10(17-11)8-3-5-16-6-4-8/h1-2,8-9H,3-7,13H2,(H,14,15). The Kier molecular flexibility index (Phi) is 3.81. The lowest BCUT2D eigenvalue weighted by Crippen LogP contribution is -2.15. The van der Waals surface area contributed by atoms with Crippen LogP contribution in [0.25, 0.3) is 0 Å². The highest BCUT2D eigenvalue weighted by Gasteiger charge is 2.21. The van der Waals surface area contributed by atoms with Crippen LogP contribution in [0.5, 0.6) is 0 Å². The van der Waals surface area contributed by atoms with Crippen LogP contribution >= 0.6 is 0 Å². The monoisotopic (exact) mass is 239 g/mol. The predicted molar refractivity (Wildman–Crippen MR) is 60.7 cm³/mol. The van der Waals surface area contributed by atoms with Gasteiger partial charge in [-0.15, -0.1) is 0 Å². The molecular formula is C12H17NO4. The number of aliphatic carboxylic acids is 1. The summed E-state index contributed by atoms with van der Waals surface area (Å²) in [5, 5.41) is 8.66. The van der Waals surface area contributed by atoms with Gasteiger partial charge in [-0.1, -0.05) is 0 Å². The predicted octanol–water partition coefficient (Wildman–Crippen LogP) is 1.65. The second kappa shape index (κ2) is 5.33. The van der Waals surface area contributed by atoms with Gasteiger partial charge in [0, 0.05) is 19.1 Å². The van der Waals surface area contributed by atoms with E-state index in [2.05, 4.69) is 0 Å². The molecule has 94 valence electrons. The van der Waals surface area contributed by atoms with Crippen molar-refractivity contribution in [3.05, 3.63) is 23.7 Å². The first-order valence-electron chi connectivity index (χ1n) is 5.81. The van der Waals surface area contributed by atoms with Crippen molar-refractivity contribution in [2.45, 2.75) is 31.2 Å². The van der Waals surface area contributed by atoms with E-state index >= 15 is 0 Å². The fourth-order valence-corrected chi connectivity index (χ4v) is 2.06. The Morgan fingerprint density at radius 3 is 2.82 bits per heavy atom.